The van der Waals surface area contributed by atoms with Crippen LogP contribution >= 0.6 is 0 Å². The average molecular weight is 182 g/mol. The van der Waals surface area contributed by atoms with Gasteiger partial charge in [0.1, 0.15) is 6.61 Å². The molecule has 2 rings (SSSR count). The molecule has 0 bridgehead atoms. The molecule has 0 unspecified atom stereocenters. The molecular weight excluding hydrogens is 168 g/mol. The van der Waals surface area contributed by atoms with Crippen molar-refractivity contribution in [1.82, 2.24) is 10.5 Å². The van der Waals surface area contributed by atoms with Gasteiger partial charge in [0.2, 0.25) is 0 Å². The molecule has 0 aromatic carbocycles. The van der Waals surface area contributed by atoms with E-state index >= 15 is 0 Å². The molecule has 1 aromatic heterocycles. The number of nitrogens with one attached hydrogen (secondary N) is 1. The molecule has 4 heteroatoms. The van der Waals surface area contributed by atoms with Crippen LogP contribution in [-0.4, -0.2) is 22.8 Å². The molecule has 0 radical (unpaired) electrons. The zero-order valence-corrected chi connectivity index (χ0v) is 7.49. The molecule has 1 fully saturated rings. The van der Waals surface area contributed by atoms with Gasteiger partial charge in [-0.1, -0.05) is 5.16 Å². The second-order valence-electron chi connectivity index (χ2n) is 3.44. The monoisotopic (exact) mass is 182 g/mol. The summed E-state index contributed by atoms with van der Waals surface area (Å²) in [7, 11) is 0. The number of hydrogen-bond donors (Lipinski definition) is 2. The van der Waals surface area contributed by atoms with E-state index in [9.17, 15) is 0 Å². The van der Waals surface area contributed by atoms with Gasteiger partial charge in [-0.25, -0.2) is 0 Å². The third kappa shape index (κ3) is 2.08. The molecule has 0 amide bonds. The number of hydrogen-bond acceptors (Lipinski definition) is 4. The van der Waals surface area contributed by atoms with Crippen molar-refractivity contribution in [2.45, 2.75) is 31.9 Å². The highest BCUT2D eigenvalue weighted by Crippen LogP contribution is 2.12. The lowest BCUT2D eigenvalue weighted by atomic mass is 10.1. The fourth-order valence-electron chi connectivity index (χ4n) is 1.71. The Kier molecular flexibility index (Phi) is 2.61. The smallest absolute Gasteiger partial charge is 0.162 e. The summed E-state index contributed by atoms with van der Waals surface area (Å²) < 4.78 is 4.90. The Balaban J connectivity index is 1.92. The summed E-state index contributed by atoms with van der Waals surface area (Å²) in [5.74, 6) is 0.549. The van der Waals surface area contributed by atoms with E-state index in [4.69, 9.17) is 9.63 Å². The fourth-order valence-corrected chi connectivity index (χ4v) is 1.71. The Hall–Kier alpha value is -0.870. The van der Waals surface area contributed by atoms with E-state index in [-0.39, 0.29) is 6.61 Å². The van der Waals surface area contributed by atoms with Crippen molar-refractivity contribution in [2.24, 2.45) is 0 Å². The van der Waals surface area contributed by atoms with Crippen LogP contribution in [0.25, 0.3) is 0 Å². The first-order valence-corrected chi connectivity index (χ1v) is 4.67. The normalized spacial score (nSPS) is 22.4. The molecule has 1 saturated heterocycles. The highest BCUT2D eigenvalue weighted by molar-refractivity contribution is 5.06. The van der Waals surface area contributed by atoms with Crippen LogP contribution in [0, 0.1) is 0 Å². The maximum absolute atomic E-state index is 8.76. The Morgan fingerprint density at radius 1 is 1.69 bits per heavy atom. The Bertz CT molecular complexity index is 266. The van der Waals surface area contributed by atoms with Crippen LogP contribution in [0.3, 0.4) is 0 Å². The third-order valence-corrected chi connectivity index (χ3v) is 2.38. The highest BCUT2D eigenvalue weighted by atomic mass is 16.5. The van der Waals surface area contributed by atoms with E-state index in [1.54, 1.807) is 0 Å². The first kappa shape index (κ1) is 8.72. The quantitative estimate of drug-likeness (QED) is 0.713. The van der Waals surface area contributed by atoms with Crippen LogP contribution in [-0.2, 0) is 13.0 Å². The average Bonchev–Trinajstić information content (AvgIpc) is 2.76. The van der Waals surface area contributed by atoms with E-state index in [1.165, 1.54) is 12.8 Å². The van der Waals surface area contributed by atoms with E-state index in [2.05, 4.69) is 10.5 Å². The molecular formula is C9H14N2O2. The highest BCUT2D eigenvalue weighted by Gasteiger charge is 2.16. The van der Waals surface area contributed by atoms with Crippen LogP contribution in [0.4, 0.5) is 0 Å². The van der Waals surface area contributed by atoms with Gasteiger partial charge in [0.05, 0.1) is 5.69 Å². The molecule has 13 heavy (non-hydrogen) atoms. The molecule has 4 nitrogen and oxygen atoms in total. The summed E-state index contributed by atoms with van der Waals surface area (Å²) in [6.07, 6.45) is 3.36. The van der Waals surface area contributed by atoms with Gasteiger partial charge in [-0.2, -0.15) is 0 Å². The van der Waals surface area contributed by atoms with Crippen molar-refractivity contribution < 1.29 is 9.63 Å². The molecule has 2 heterocycles. The fraction of sp³-hybridized carbons (Fsp3) is 0.667. The lowest BCUT2D eigenvalue weighted by Crippen LogP contribution is -2.23. The number of aliphatic hydroxyl groups excluding tert-OH is 1. The topological polar surface area (TPSA) is 58.3 Å². The van der Waals surface area contributed by atoms with Gasteiger partial charge < -0.3 is 14.9 Å². The summed E-state index contributed by atoms with van der Waals surface area (Å²) in [5.41, 5.74) is 0.934. The van der Waals surface area contributed by atoms with Crippen LogP contribution < -0.4 is 5.32 Å². The van der Waals surface area contributed by atoms with Crippen molar-refractivity contribution in [1.29, 1.82) is 0 Å². The van der Waals surface area contributed by atoms with Gasteiger partial charge in [0.25, 0.3) is 0 Å². The van der Waals surface area contributed by atoms with Gasteiger partial charge in [-0.3, -0.25) is 0 Å². The van der Waals surface area contributed by atoms with Gasteiger partial charge in [-0.05, 0) is 19.4 Å². The minimum Gasteiger partial charge on any atom is -0.388 e. The van der Waals surface area contributed by atoms with Gasteiger partial charge in [0, 0.05) is 18.5 Å². The molecule has 1 atom stereocenters. The number of rotatable bonds is 3. The first-order valence-electron chi connectivity index (χ1n) is 4.67. The standard InChI is InChI=1S/C9H14N2O2/c12-6-9-5-8(11-13-9)4-7-2-1-3-10-7/h5,7,10,12H,1-4,6H2/t7-/m0/s1. The van der Waals surface area contributed by atoms with Crippen molar-refractivity contribution in [2.75, 3.05) is 6.54 Å². The van der Waals surface area contributed by atoms with E-state index in [1.807, 2.05) is 6.07 Å². The minimum atomic E-state index is -0.0644. The predicted octanol–water partition coefficient (Wildman–Crippen LogP) is 0.461. The second-order valence-corrected chi connectivity index (χ2v) is 3.44. The van der Waals surface area contributed by atoms with Crippen molar-refractivity contribution in [3.8, 4) is 0 Å². The largest absolute Gasteiger partial charge is 0.388 e. The second kappa shape index (κ2) is 3.89. The Morgan fingerprint density at radius 3 is 3.23 bits per heavy atom. The van der Waals surface area contributed by atoms with E-state index < -0.39 is 0 Å². The summed E-state index contributed by atoms with van der Waals surface area (Å²) in [5, 5.41) is 16.0. The lowest BCUT2D eigenvalue weighted by molar-refractivity contribution is 0.228. The molecule has 1 aromatic rings. The predicted molar refractivity (Wildman–Crippen MR) is 47.2 cm³/mol. The summed E-state index contributed by atoms with van der Waals surface area (Å²) in [6.45, 7) is 1.04. The number of nitrogens with zero attached hydrogens (tertiary/aromatic N) is 1. The number of aliphatic hydroxyl groups is 1. The first-order chi connectivity index (χ1) is 6.38. The molecule has 1 aliphatic rings. The zero-order valence-electron chi connectivity index (χ0n) is 7.49. The molecule has 0 spiro atoms. The Labute approximate surface area is 76.9 Å². The van der Waals surface area contributed by atoms with Gasteiger partial charge in [-0.15, -0.1) is 0 Å². The van der Waals surface area contributed by atoms with E-state index in [0.29, 0.717) is 11.8 Å². The van der Waals surface area contributed by atoms with Crippen molar-refractivity contribution in [3.05, 3.63) is 17.5 Å². The van der Waals surface area contributed by atoms with E-state index in [0.717, 1.165) is 18.7 Å². The zero-order chi connectivity index (χ0) is 9.10. The SMILES string of the molecule is OCc1cc(C[C@@H]2CCCN2)no1. The molecule has 72 valence electrons. The van der Waals surface area contributed by atoms with Crippen molar-refractivity contribution >= 4 is 0 Å². The molecule has 0 aliphatic carbocycles. The summed E-state index contributed by atoms with van der Waals surface area (Å²) in [6, 6.07) is 2.36. The molecule has 1 aliphatic heterocycles. The number of aromatic nitrogens is 1. The lowest BCUT2D eigenvalue weighted by Gasteiger charge is -2.05. The minimum absolute atomic E-state index is 0.0644. The molecule has 2 N–H and O–H groups in total. The summed E-state index contributed by atoms with van der Waals surface area (Å²) >= 11 is 0. The van der Waals surface area contributed by atoms with Crippen LogP contribution in [0.5, 0.6) is 0 Å². The van der Waals surface area contributed by atoms with Crippen LogP contribution in [0.1, 0.15) is 24.3 Å². The third-order valence-electron chi connectivity index (χ3n) is 2.38. The van der Waals surface area contributed by atoms with Crippen LogP contribution in [0.15, 0.2) is 10.6 Å². The maximum atomic E-state index is 8.76. The molecule has 0 saturated carbocycles. The van der Waals surface area contributed by atoms with Crippen LogP contribution in [0.2, 0.25) is 0 Å². The Morgan fingerprint density at radius 2 is 2.62 bits per heavy atom. The van der Waals surface area contributed by atoms with Crippen molar-refractivity contribution in [3.63, 3.8) is 0 Å². The van der Waals surface area contributed by atoms with Gasteiger partial charge in [0.15, 0.2) is 5.76 Å². The maximum Gasteiger partial charge on any atom is 0.162 e. The summed E-state index contributed by atoms with van der Waals surface area (Å²) in [4.78, 5) is 0. The van der Waals surface area contributed by atoms with Gasteiger partial charge >= 0.3 is 0 Å².